The summed E-state index contributed by atoms with van der Waals surface area (Å²) in [7, 11) is 4.06. The van der Waals surface area contributed by atoms with Crippen LogP contribution >= 0.6 is 23.4 Å². The standard InChI is InChI=1S/C20H23ClN2OS/c1-4-25-19-13-16(9-12-18(19)22-20(24)14-21)6-5-15-7-10-17(11-8-15)23(2)3/h5-13H,4,14H2,1-3H3,(H,22,24)/b6-5+. The third-order valence-electron chi connectivity index (χ3n) is 3.58. The van der Waals surface area contributed by atoms with E-state index in [1.807, 2.05) is 26.2 Å². The fraction of sp³-hybridized carbons (Fsp3) is 0.250. The SMILES string of the molecule is CCSc1cc(/C=C/c2ccc(N(C)C)cc2)ccc1NC(=O)CCl. The molecule has 0 bridgehead atoms. The Hall–Kier alpha value is -1.91. The highest BCUT2D eigenvalue weighted by molar-refractivity contribution is 7.99. The summed E-state index contributed by atoms with van der Waals surface area (Å²) in [6.07, 6.45) is 4.17. The summed E-state index contributed by atoms with van der Waals surface area (Å²) in [6.45, 7) is 2.09. The lowest BCUT2D eigenvalue weighted by molar-refractivity contribution is -0.113. The third kappa shape index (κ3) is 5.83. The van der Waals surface area contributed by atoms with Crippen LogP contribution in [0, 0.1) is 0 Å². The van der Waals surface area contributed by atoms with Gasteiger partial charge in [0.2, 0.25) is 5.91 Å². The predicted octanol–water partition coefficient (Wildman–Crippen LogP) is 5.21. The summed E-state index contributed by atoms with van der Waals surface area (Å²) >= 11 is 7.28. The van der Waals surface area contributed by atoms with Gasteiger partial charge in [-0.15, -0.1) is 23.4 Å². The van der Waals surface area contributed by atoms with E-state index in [-0.39, 0.29) is 11.8 Å². The number of anilines is 2. The van der Waals surface area contributed by atoms with E-state index >= 15 is 0 Å². The number of amides is 1. The van der Waals surface area contributed by atoms with E-state index < -0.39 is 0 Å². The van der Waals surface area contributed by atoms with Crippen LogP contribution in [0.15, 0.2) is 47.4 Å². The van der Waals surface area contributed by atoms with Crippen LogP contribution in [0.3, 0.4) is 0 Å². The van der Waals surface area contributed by atoms with Crippen LogP contribution in [0.4, 0.5) is 11.4 Å². The minimum atomic E-state index is -0.191. The molecule has 0 saturated carbocycles. The molecule has 0 unspecified atom stereocenters. The molecule has 0 spiro atoms. The maximum Gasteiger partial charge on any atom is 0.239 e. The average Bonchev–Trinajstić information content (AvgIpc) is 2.62. The fourth-order valence-electron chi connectivity index (χ4n) is 2.28. The zero-order chi connectivity index (χ0) is 18.2. The van der Waals surface area contributed by atoms with Crippen molar-refractivity contribution < 1.29 is 4.79 Å². The van der Waals surface area contributed by atoms with Gasteiger partial charge in [0.05, 0.1) is 5.69 Å². The van der Waals surface area contributed by atoms with Crippen molar-refractivity contribution in [3.63, 3.8) is 0 Å². The number of hydrogen-bond acceptors (Lipinski definition) is 3. The Balaban J connectivity index is 2.18. The van der Waals surface area contributed by atoms with E-state index in [2.05, 4.69) is 59.6 Å². The Labute approximate surface area is 159 Å². The zero-order valence-corrected chi connectivity index (χ0v) is 16.3. The fourth-order valence-corrected chi connectivity index (χ4v) is 3.15. The van der Waals surface area contributed by atoms with Crippen LogP contribution in [0.25, 0.3) is 12.2 Å². The van der Waals surface area contributed by atoms with Crippen LogP contribution in [0.2, 0.25) is 0 Å². The number of carbonyl (C=O) groups is 1. The second-order valence-electron chi connectivity index (χ2n) is 5.69. The quantitative estimate of drug-likeness (QED) is 0.410. The lowest BCUT2D eigenvalue weighted by Gasteiger charge is -2.12. The maximum atomic E-state index is 11.5. The first-order valence-corrected chi connectivity index (χ1v) is 9.63. The van der Waals surface area contributed by atoms with E-state index in [0.29, 0.717) is 0 Å². The number of benzene rings is 2. The topological polar surface area (TPSA) is 32.3 Å². The summed E-state index contributed by atoms with van der Waals surface area (Å²) in [5.41, 5.74) is 4.23. The first-order valence-electron chi connectivity index (χ1n) is 8.11. The minimum absolute atomic E-state index is 0.0408. The molecular weight excluding hydrogens is 352 g/mol. The number of nitrogens with one attached hydrogen (secondary N) is 1. The van der Waals surface area contributed by atoms with Gasteiger partial charge in [0.1, 0.15) is 5.88 Å². The summed E-state index contributed by atoms with van der Waals surface area (Å²) in [4.78, 5) is 14.7. The molecule has 0 aromatic heterocycles. The van der Waals surface area contributed by atoms with Crippen molar-refractivity contribution in [2.45, 2.75) is 11.8 Å². The van der Waals surface area contributed by atoms with E-state index in [0.717, 1.165) is 27.5 Å². The Morgan fingerprint density at radius 2 is 1.76 bits per heavy atom. The molecule has 0 radical (unpaired) electrons. The van der Waals surface area contributed by atoms with E-state index in [1.165, 1.54) is 5.69 Å². The molecule has 0 aliphatic carbocycles. The molecule has 2 rings (SSSR count). The second-order valence-corrected chi connectivity index (χ2v) is 7.26. The van der Waals surface area contributed by atoms with Crippen LogP contribution in [-0.4, -0.2) is 31.6 Å². The van der Waals surface area contributed by atoms with Gasteiger partial charge in [-0.2, -0.15) is 0 Å². The molecule has 1 N–H and O–H groups in total. The lowest BCUT2D eigenvalue weighted by Crippen LogP contribution is -2.13. The van der Waals surface area contributed by atoms with Crippen molar-refractivity contribution >= 4 is 52.8 Å². The Morgan fingerprint density at radius 3 is 2.36 bits per heavy atom. The van der Waals surface area contributed by atoms with Crippen molar-refractivity contribution in [1.29, 1.82) is 0 Å². The van der Waals surface area contributed by atoms with Gasteiger partial charge in [-0.3, -0.25) is 4.79 Å². The van der Waals surface area contributed by atoms with Crippen LogP contribution in [0.5, 0.6) is 0 Å². The second kappa shape index (κ2) is 9.54. The number of carbonyl (C=O) groups excluding carboxylic acids is 1. The van der Waals surface area contributed by atoms with Crippen LogP contribution in [0.1, 0.15) is 18.1 Å². The summed E-state index contributed by atoms with van der Waals surface area (Å²) in [5.74, 6) is 0.702. The molecule has 2 aromatic carbocycles. The van der Waals surface area contributed by atoms with Crippen LogP contribution < -0.4 is 10.2 Å². The van der Waals surface area contributed by atoms with Gasteiger partial charge in [0, 0.05) is 24.7 Å². The molecular formula is C20H23ClN2OS. The molecule has 3 nitrogen and oxygen atoms in total. The van der Waals surface area contributed by atoms with Crippen molar-refractivity contribution in [2.75, 3.05) is 35.9 Å². The minimum Gasteiger partial charge on any atom is -0.378 e. The Morgan fingerprint density at radius 1 is 1.12 bits per heavy atom. The van der Waals surface area contributed by atoms with E-state index in [1.54, 1.807) is 11.8 Å². The van der Waals surface area contributed by atoms with Gasteiger partial charge in [-0.1, -0.05) is 37.3 Å². The number of nitrogens with zero attached hydrogens (tertiary/aromatic N) is 1. The van der Waals surface area contributed by atoms with Crippen molar-refractivity contribution in [3.05, 3.63) is 53.6 Å². The Kier molecular flexibility index (Phi) is 7.41. The third-order valence-corrected chi connectivity index (χ3v) is 4.76. The van der Waals surface area contributed by atoms with Crippen molar-refractivity contribution in [1.82, 2.24) is 0 Å². The highest BCUT2D eigenvalue weighted by atomic mass is 35.5. The smallest absolute Gasteiger partial charge is 0.239 e. The predicted molar refractivity (Wildman–Crippen MR) is 112 cm³/mol. The monoisotopic (exact) mass is 374 g/mol. The van der Waals surface area contributed by atoms with E-state index in [9.17, 15) is 4.79 Å². The van der Waals surface area contributed by atoms with Gasteiger partial charge >= 0.3 is 0 Å². The van der Waals surface area contributed by atoms with Gasteiger partial charge < -0.3 is 10.2 Å². The highest BCUT2D eigenvalue weighted by Gasteiger charge is 2.06. The zero-order valence-electron chi connectivity index (χ0n) is 14.8. The molecule has 0 fully saturated rings. The number of hydrogen-bond donors (Lipinski definition) is 1. The summed E-state index contributed by atoms with van der Waals surface area (Å²) < 4.78 is 0. The van der Waals surface area contributed by atoms with Crippen LogP contribution in [-0.2, 0) is 4.79 Å². The normalized spacial score (nSPS) is 10.9. The van der Waals surface area contributed by atoms with Gasteiger partial charge in [0.15, 0.2) is 0 Å². The maximum absolute atomic E-state index is 11.5. The molecule has 0 aliphatic rings. The molecule has 132 valence electrons. The summed E-state index contributed by atoms with van der Waals surface area (Å²) in [5, 5.41) is 2.84. The van der Waals surface area contributed by atoms with Crippen molar-refractivity contribution in [2.24, 2.45) is 0 Å². The highest BCUT2D eigenvalue weighted by Crippen LogP contribution is 2.29. The number of alkyl halides is 1. The lowest BCUT2D eigenvalue weighted by atomic mass is 10.1. The molecule has 1 amide bonds. The molecule has 5 heteroatoms. The Bertz CT molecular complexity index is 742. The van der Waals surface area contributed by atoms with Gasteiger partial charge in [0.25, 0.3) is 0 Å². The van der Waals surface area contributed by atoms with Gasteiger partial charge in [-0.25, -0.2) is 0 Å². The molecule has 0 heterocycles. The van der Waals surface area contributed by atoms with E-state index in [4.69, 9.17) is 11.6 Å². The van der Waals surface area contributed by atoms with Gasteiger partial charge in [-0.05, 0) is 41.1 Å². The number of halogens is 1. The first kappa shape index (κ1) is 19.4. The molecule has 0 saturated heterocycles. The largest absolute Gasteiger partial charge is 0.378 e. The molecule has 25 heavy (non-hydrogen) atoms. The first-order chi connectivity index (χ1) is 12.0. The molecule has 0 aliphatic heterocycles. The average molecular weight is 375 g/mol. The molecule has 0 atom stereocenters. The van der Waals surface area contributed by atoms with Crippen molar-refractivity contribution in [3.8, 4) is 0 Å². The number of rotatable bonds is 7. The summed E-state index contributed by atoms with van der Waals surface area (Å²) in [6, 6.07) is 14.4. The number of thioether (sulfide) groups is 1. The molecule has 2 aromatic rings.